The molecule has 126 valence electrons. The predicted molar refractivity (Wildman–Crippen MR) is 107 cm³/mol. The minimum Gasteiger partial charge on any atom is -0.370 e. The van der Waals surface area contributed by atoms with Gasteiger partial charge in [0.1, 0.15) is 5.01 Å². The van der Waals surface area contributed by atoms with Crippen LogP contribution in [-0.4, -0.2) is 22.5 Å². The van der Waals surface area contributed by atoms with Crippen molar-refractivity contribution in [1.82, 2.24) is 15.3 Å². The van der Waals surface area contributed by atoms with Crippen LogP contribution in [0.2, 0.25) is 0 Å². The summed E-state index contributed by atoms with van der Waals surface area (Å²) in [6, 6.07) is 5.89. The largest absolute Gasteiger partial charge is 0.370 e. The van der Waals surface area contributed by atoms with Crippen LogP contribution in [0.4, 0.5) is 0 Å². The molecule has 2 aromatic rings. The standard InChI is InChI=1S/C16H23N5S.HI/c1-16(2,3)13-11-22-14(21-13)10-20-15(17)19-9-7-12-6-4-5-8-18-12;/h4-6,8,11H,7,9-10H2,1-3H3,(H3,17,19,20);1H. The normalized spacial score (nSPS) is 11.9. The first-order valence-corrected chi connectivity index (χ1v) is 8.22. The average molecular weight is 445 g/mol. The van der Waals surface area contributed by atoms with E-state index < -0.39 is 0 Å². The van der Waals surface area contributed by atoms with Crippen LogP contribution in [0.5, 0.6) is 0 Å². The molecule has 0 fully saturated rings. The number of guanidine groups is 1. The molecule has 0 aliphatic carbocycles. The quantitative estimate of drug-likeness (QED) is 0.421. The summed E-state index contributed by atoms with van der Waals surface area (Å²) in [6.45, 7) is 7.70. The van der Waals surface area contributed by atoms with Crippen LogP contribution >= 0.6 is 35.3 Å². The summed E-state index contributed by atoms with van der Waals surface area (Å²) in [4.78, 5) is 13.2. The third-order valence-corrected chi connectivity index (χ3v) is 3.95. The summed E-state index contributed by atoms with van der Waals surface area (Å²) >= 11 is 1.63. The molecule has 2 heterocycles. The molecule has 0 amide bonds. The molecule has 0 bridgehead atoms. The van der Waals surface area contributed by atoms with Crippen molar-refractivity contribution in [3.63, 3.8) is 0 Å². The first-order valence-electron chi connectivity index (χ1n) is 7.34. The third-order valence-electron chi connectivity index (χ3n) is 3.12. The Hall–Kier alpha value is -1.22. The molecule has 0 spiro atoms. The molecule has 0 aromatic carbocycles. The number of nitrogens with two attached hydrogens (primary N) is 1. The van der Waals surface area contributed by atoms with Gasteiger partial charge in [0.05, 0.1) is 12.2 Å². The highest BCUT2D eigenvalue weighted by molar-refractivity contribution is 14.0. The molecule has 2 rings (SSSR count). The number of rotatable bonds is 5. The SMILES string of the molecule is CC(C)(C)c1csc(CN=C(N)NCCc2ccccn2)n1.I. The van der Waals surface area contributed by atoms with E-state index in [2.05, 4.69) is 46.4 Å². The van der Waals surface area contributed by atoms with E-state index in [1.807, 2.05) is 18.2 Å². The number of aliphatic imine (C=N–C) groups is 1. The van der Waals surface area contributed by atoms with E-state index in [1.54, 1.807) is 17.5 Å². The van der Waals surface area contributed by atoms with Gasteiger partial charge in [0, 0.05) is 35.7 Å². The number of hydrogen-bond donors (Lipinski definition) is 2. The van der Waals surface area contributed by atoms with Crippen LogP contribution in [0.1, 0.15) is 37.2 Å². The zero-order chi connectivity index (χ0) is 16.0. The summed E-state index contributed by atoms with van der Waals surface area (Å²) < 4.78 is 0. The lowest BCUT2D eigenvalue weighted by molar-refractivity contribution is 0.571. The first-order chi connectivity index (χ1) is 10.4. The summed E-state index contributed by atoms with van der Waals surface area (Å²) in [5.41, 5.74) is 8.09. The van der Waals surface area contributed by atoms with Gasteiger partial charge < -0.3 is 11.1 Å². The van der Waals surface area contributed by atoms with Gasteiger partial charge in [0.25, 0.3) is 0 Å². The van der Waals surface area contributed by atoms with Crippen LogP contribution in [0, 0.1) is 0 Å². The zero-order valence-electron chi connectivity index (χ0n) is 13.7. The van der Waals surface area contributed by atoms with Gasteiger partial charge in [-0.3, -0.25) is 4.98 Å². The predicted octanol–water partition coefficient (Wildman–Crippen LogP) is 3.10. The molecular weight excluding hydrogens is 421 g/mol. The van der Waals surface area contributed by atoms with Crippen molar-refractivity contribution in [2.24, 2.45) is 10.7 Å². The third kappa shape index (κ3) is 6.82. The highest BCUT2D eigenvalue weighted by atomic mass is 127. The van der Waals surface area contributed by atoms with E-state index in [0.717, 1.165) is 29.4 Å². The average Bonchev–Trinajstić information content (AvgIpc) is 2.95. The minimum absolute atomic E-state index is 0. The molecule has 0 aliphatic rings. The molecule has 0 saturated carbocycles. The molecule has 5 nitrogen and oxygen atoms in total. The molecule has 0 saturated heterocycles. The van der Waals surface area contributed by atoms with Crippen LogP contribution in [-0.2, 0) is 18.4 Å². The lowest BCUT2D eigenvalue weighted by atomic mass is 9.93. The number of thiazole rings is 1. The smallest absolute Gasteiger partial charge is 0.189 e. The lowest BCUT2D eigenvalue weighted by Crippen LogP contribution is -2.33. The van der Waals surface area contributed by atoms with Crippen molar-refractivity contribution in [3.05, 3.63) is 46.2 Å². The maximum Gasteiger partial charge on any atom is 0.189 e. The van der Waals surface area contributed by atoms with Crippen molar-refractivity contribution < 1.29 is 0 Å². The summed E-state index contributed by atoms with van der Waals surface area (Å²) in [5.74, 6) is 0.448. The Morgan fingerprint density at radius 1 is 1.35 bits per heavy atom. The van der Waals surface area contributed by atoms with Crippen molar-refractivity contribution in [2.75, 3.05) is 6.54 Å². The van der Waals surface area contributed by atoms with Crippen molar-refractivity contribution in [2.45, 2.75) is 39.2 Å². The van der Waals surface area contributed by atoms with E-state index in [0.29, 0.717) is 12.5 Å². The van der Waals surface area contributed by atoms with Gasteiger partial charge in [-0.2, -0.15) is 0 Å². The molecule has 3 N–H and O–H groups in total. The maximum atomic E-state index is 5.87. The number of hydrogen-bond acceptors (Lipinski definition) is 4. The van der Waals surface area contributed by atoms with Gasteiger partial charge in [-0.1, -0.05) is 26.8 Å². The molecule has 0 aliphatic heterocycles. The second-order valence-electron chi connectivity index (χ2n) is 6.08. The van der Waals surface area contributed by atoms with Crippen molar-refractivity contribution >= 4 is 41.3 Å². The summed E-state index contributed by atoms with van der Waals surface area (Å²) in [7, 11) is 0. The molecule has 0 atom stereocenters. The molecular formula is C16H24IN5S. The Bertz CT molecular complexity index is 619. The Morgan fingerprint density at radius 3 is 2.74 bits per heavy atom. The highest BCUT2D eigenvalue weighted by Crippen LogP contribution is 2.24. The second kappa shape index (κ2) is 9.17. The molecule has 0 radical (unpaired) electrons. The number of nitrogens with one attached hydrogen (secondary N) is 1. The monoisotopic (exact) mass is 445 g/mol. The molecule has 7 heteroatoms. The van der Waals surface area contributed by atoms with E-state index in [9.17, 15) is 0 Å². The van der Waals surface area contributed by atoms with E-state index in [4.69, 9.17) is 5.73 Å². The van der Waals surface area contributed by atoms with Crippen LogP contribution < -0.4 is 11.1 Å². The highest BCUT2D eigenvalue weighted by Gasteiger charge is 2.17. The number of nitrogens with zero attached hydrogens (tertiary/aromatic N) is 3. The molecule has 23 heavy (non-hydrogen) atoms. The van der Waals surface area contributed by atoms with Crippen molar-refractivity contribution in [1.29, 1.82) is 0 Å². The summed E-state index contributed by atoms with van der Waals surface area (Å²) in [6.07, 6.45) is 2.62. The fraction of sp³-hybridized carbons (Fsp3) is 0.438. The fourth-order valence-corrected chi connectivity index (χ4v) is 2.75. The Morgan fingerprint density at radius 2 is 2.13 bits per heavy atom. The lowest BCUT2D eigenvalue weighted by Gasteiger charge is -2.14. The number of aromatic nitrogens is 2. The Labute approximate surface area is 158 Å². The van der Waals surface area contributed by atoms with Crippen molar-refractivity contribution in [3.8, 4) is 0 Å². The second-order valence-corrected chi connectivity index (χ2v) is 7.02. The first kappa shape index (κ1) is 19.8. The number of halogens is 1. The van der Waals surface area contributed by atoms with Crippen LogP contribution in [0.25, 0.3) is 0 Å². The van der Waals surface area contributed by atoms with Gasteiger partial charge in [-0.05, 0) is 12.1 Å². The number of pyridine rings is 1. The van der Waals surface area contributed by atoms with E-state index in [1.165, 1.54) is 0 Å². The maximum absolute atomic E-state index is 5.87. The Balaban J connectivity index is 0.00000264. The van der Waals surface area contributed by atoms with E-state index >= 15 is 0 Å². The van der Waals surface area contributed by atoms with Gasteiger partial charge in [-0.25, -0.2) is 9.98 Å². The fourth-order valence-electron chi connectivity index (χ4n) is 1.80. The Kier molecular flexibility index (Phi) is 7.90. The van der Waals surface area contributed by atoms with Gasteiger partial charge in [-0.15, -0.1) is 35.3 Å². The van der Waals surface area contributed by atoms with E-state index in [-0.39, 0.29) is 29.4 Å². The van der Waals surface area contributed by atoms with Gasteiger partial charge in [0.15, 0.2) is 5.96 Å². The van der Waals surface area contributed by atoms with Crippen LogP contribution in [0.3, 0.4) is 0 Å². The minimum atomic E-state index is 0. The molecule has 2 aromatic heterocycles. The molecule has 0 unspecified atom stereocenters. The van der Waals surface area contributed by atoms with Gasteiger partial charge in [0.2, 0.25) is 0 Å². The van der Waals surface area contributed by atoms with Crippen LogP contribution in [0.15, 0.2) is 34.8 Å². The topological polar surface area (TPSA) is 76.2 Å². The summed E-state index contributed by atoms with van der Waals surface area (Å²) in [5, 5.41) is 6.18. The van der Waals surface area contributed by atoms with Gasteiger partial charge >= 0.3 is 0 Å². The zero-order valence-corrected chi connectivity index (χ0v) is 16.9.